The van der Waals surface area contributed by atoms with Crippen LogP contribution in [0.15, 0.2) is 18.2 Å². The predicted octanol–water partition coefficient (Wildman–Crippen LogP) is 3.17. The van der Waals surface area contributed by atoms with Crippen LogP contribution in [0.25, 0.3) is 0 Å². The average molecular weight is 238 g/mol. The summed E-state index contributed by atoms with van der Waals surface area (Å²) in [5, 5.41) is 3.20. The molecule has 96 valence electrons. The molecule has 0 aliphatic rings. The largest absolute Gasteiger partial charge is 0.367 e. The van der Waals surface area contributed by atoms with Gasteiger partial charge < -0.3 is 10.2 Å². The van der Waals surface area contributed by atoms with Gasteiger partial charge in [0.1, 0.15) is 5.82 Å². The fourth-order valence-corrected chi connectivity index (χ4v) is 1.98. The lowest BCUT2D eigenvalue weighted by molar-refractivity contribution is 0.600. The number of nitrogens with zero attached hydrogens (tertiary/aromatic N) is 1. The fraction of sp³-hybridized carbons (Fsp3) is 0.571. The Bertz CT molecular complexity index is 350. The van der Waals surface area contributed by atoms with Crippen LogP contribution in [0.5, 0.6) is 0 Å². The summed E-state index contributed by atoms with van der Waals surface area (Å²) in [5.41, 5.74) is 1.69. The summed E-state index contributed by atoms with van der Waals surface area (Å²) in [6.45, 7) is 10.7. The summed E-state index contributed by atoms with van der Waals surface area (Å²) < 4.78 is 14.0. The molecule has 0 amide bonds. The molecule has 0 aliphatic heterocycles. The van der Waals surface area contributed by atoms with Crippen molar-refractivity contribution < 1.29 is 4.39 Å². The number of halogens is 1. The summed E-state index contributed by atoms with van der Waals surface area (Å²) in [7, 11) is 0. The number of nitrogens with one attached hydrogen (secondary N) is 1. The molecule has 1 aromatic rings. The molecule has 0 spiro atoms. The molecule has 2 nitrogen and oxygen atoms in total. The van der Waals surface area contributed by atoms with E-state index in [1.165, 1.54) is 0 Å². The van der Waals surface area contributed by atoms with E-state index in [0.29, 0.717) is 11.7 Å². The maximum atomic E-state index is 14.0. The van der Waals surface area contributed by atoms with Crippen molar-refractivity contribution in [1.82, 2.24) is 5.32 Å². The molecule has 0 radical (unpaired) electrons. The van der Waals surface area contributed by atoms with Gasteiger partial charge in [-0.2, -0.15) is 0 Å². The summed E-state index contributed by atoms with van der Waals surface area (Å²) >= 11 is 0. The Morgan fingerprint density at radius 2 is 2.00 bits per heavy atom. The first-order valence-electron chi connectivity index (χ1n) is 6.35. The third kappa shape index (κ3) is 3.70. The van der Waals surface area contributed by atoms with E-state index in [4.69, 9.17) is 0 Å². The van der Waals surface area contributed by atoms with E-state index >= 15 is 0 Å². The highest BCUT2D eigenvalue weighted by Crippen LogP contribution is 2.22. The van der Waals surface area contributed by atoms with E-state index in [1.807, 2.05) is 26.0 Å². The van der Waals surface area contributed by atoms with Crippen LogP contribution in [0, 0.1) is 5.82 Å². The first-order chi connectivity index (χ1) is 8.10. The molecule has 0 fully saturated rings. The number of rotatable bonds is 6. The molecule has 1 N–H and O–H groups in total. The quantitative estimate of drug-likeness (QED) is 0.819. The van der Waals surface area contributed by atoms with Gasteiger partial charge in [0.2, 0.25) is 0 Å². The Balaban J connectivity index is 2.88. The second-order valence-electron chi connectivity index (χ2n) is 4.45. The molecule has 0 atom stereocenters. The van der Waals surface area contributed by atoms with Crippen molar-refractivity contribution >= 4 is 5.69 Å². The molecule has 1 aromatic carbocycles. The van der Waals surface area contributed by atoms with Crippen LogP contribution < -0.4 is 10.2 Å². The van der Waals surface area contributed by atoms with Gasteiger partial charge in [0.05, 0.1) is 5.69 Å². The fourth-order valence-electron chi connectivity index (χ4n) is 1.98. The molecule has 0 heterocycles. The molecule has 0 unspecified atom stereocenters. The Hall–Kier alpha value is -1.09. The zero-order chi connectivity index (χ0) is 12.8. The lowest BCUT2D eigenvalue weighted by atomic mass is 10.1. The van der Waals surface area contributed by atoms with Crippen molar-refractivity contribution in [3.05, 3.63) is 29.6 Å². The molecule has 17 heavy (non-hydrogen) atoms. The van der Waals surface area contributed by atoms with Crippen LogP contribution in [-0.2, 0) is 6.54 Å². The minimum atomic E-state index is -0.129. The predicted molar refractivity (Wildman–Crippen MR) is 71.9 cm³/mol. The monoisotopic (exact) mass is 238 g/mol. The van der Waals surface area contributed by atoms with Crippen LogP contribution in [0.4, 0.5) is 10.1 Å². The Kier molecular flexibility index (Phi) is 5.42. The second-order valence-corrected chi connectivity index (χ2v) is 4.45. The molecule has 3 heteroatoms. The van der Waals surface area contributed by atoms with Crippen LogP contribution in [0.3, 0.4) is 0 Å². The van der Waals surface area contributed by atoms with E-state index < -0.39 is 0 Å². The smallest absolute Gasteiger partial charge is 0.146 e. The summed E-state index contributed by atoms with van der Waals surface area (Å²) in [4.78, 5) is 2.06. The van der Waals surface area contributed by atoms with Gasteiger partial charge in [-0.15, -0.1) is 0 Å². The zero-order valence-corrected chi connectivity index (χ0v) is 11.3. The van der Waals surface area contributed by atoms with E-state index in [-0.39, 0.29) is 5.82 Å². The van der Waals surface area contributed by atoms with Crippen LogP contribution in [-0.4, -0.2) is 19.1 Å². The number of benzene rings is 1. The van der Waals surface area contributed by atoms with Crippen molar-refractivity contribution in [1.29, 1.82) is 0 Å². The Labute approximate surface area is 104 Å². The average Bonchev–Trinajstić information content (AvgIpc) is 2.29. The first kappa shape index (κ1) is 14.0. The number of anilines is 1. The van der Waals surface area contributed by atoms with Crippen LogP contribution in [0.1, 0.15) is 33.3 Å². The van der Waals surface area contributed by atoms with Gasteiger partial charge in [-0.3, -0.25) is 0 Å². The van der Waals surface area contributed by atoms with Gasteiger partial charge in [0, 0.05) is 19.1 Å². The van der Waals surface area contributed by atoms with Crippen molar-refractivity contribution in [3.8, 4) is 0 Å². The molecule has 0 saturated heterocycles. The van der Waals surface area contributed by atoms with Crippen molar-refractivity contribution in [2.75, 3.05) is 18.0 Å². The molecular formula is C14H23FN2. The summed E-state index contributed by atoms with van der Waals surface area (Å²) in [6.07, 6.45) is 0. The highest BCUT2D eigenvalue weighted by atomic mass is 19.1. The minimum Gasteiger partial charge on any atom is -0.367 e. The highest BCUT2D eigenvalue weighted by Gasteiger charge is 2.13. The first-order valence-corrected chi connectivity index (χ1v) is 6.35. The van der Waals surface area contributed by atoms with Gasteiger partial charge in [0.25, 0.3) is 0 Å². The van der Waals surface area contributed by atoms with E-state index in [0.717, 1.165) is 25.2 Å². The molecule has 0 aliphatic carbocycles. The maximum absolute atomic E-state index is 14.0. The third-order valence-corrected chi connectivity index (χ3v) is 2.86. The molecular weight excluding hydrogens is 215 g/mol. The van der Waals surface area contributed by atoms with Gasteiger partial charge >= 0.3 is 0 Å². The van der Waals surface area contributed by atoms with Crippen molar-refractivity contribution in [2.24, 2.45) is 0 Å². The molecule has 0 aromatic heterocycles. The van der Waals surface area contributed by atoms with Crippen molar-refractivity contribution in [2.45, 2.75) is 40.3 Å². The SMILES string of the molecule is CCNCc1ccc(N(CC)C(C)C)c(F)c1. The van der Waals surface area contributed by atoms with Gasteiger partial charge in [-0.1, -0.05) is 13.0 Å². The number of hydrogen-bond acceptors (Lipinski definition) is 2. The van der Waals surface area contributed by atoms with E-state index in [9.17, 15) is 4.39 Å². The summed E-state index contributed by atoms with van der Waals surface area (Å²) in [5.74, 6) is -0.129. The lowest BCUT2D eigenvalue weighted by Gasteiger charge is -2.28. The van der Waals surface area contributed by atoms with Gasteiger partial charge in [-0.25, -0.2) is 4.39 Å². The second kappa shape index (κ2) is 6.60. The highest BCUT2D eigenvalue weighted by molar-refractivity contribution is 5.49. The minimum absolute atomic E-state index is 0.129. The lowest BCUT2D eigenvalue weighted by Crippen LogP contribution is -2.31. The Morgan fingerprint density at radius 1 is 1.29 bits per heavy atom. The standard InChI is InChI=1S/C14H23FN2/c1-5-16-10-12-7-8-14(13(15)9-12)17(6-2)11(3)4/h7-9,11,16H,5-6,10H2,1-4H3. The molecule has 0 saturated carbocycles. The summed E-state index contributed by atoms with van der Waals surface area (Å²) in [6, 6.07) is 5.81. The van der Waals surface area contributed by atoms with Crippen LogP contribution >= 0.6 is 0 Å². The van der Waals surface area contributed by atoms with E-state index in [2.05, 4.69) is 24.1 Å². The van der Waals surface area contributed by atoms with Gasteiger partial charge in [-0.05, 0) is 45.0 Å². The normalized spacial score (nSPS) is 10.9. The molecule has 1 rings (SSSR count). The number of hydrogen-bond donors (Lipinski definition) is 1. The molecule has 0 bridgehead atoms. The van der Waals surface area contributed by atoms with E-state index in [1.54, 1.807) is 6.07 Å². The zero-order valence-electron chi connectivity index (χ0n) is 11.3. The third-order valence-electron chi connectivity index (χ3n) is 2.86. The van der Waals surface area contributed by atoms with Crippen molar-refractivity contribution in [3.63, 3.8) is 0 Å². The van der Waals surface area contributed by atoms with Crippen LogP contribution in [0.2, 0.25) is 0 Å². The van der Waals surface area contributed by atoms with Gasteiger partial charge in [0.15, 0.2) is 0 Å². The Morgan fingerprint density at radius 3 is 2.47 bits per heavy atom. The topological polar surface area (TPSA) is 15.3 Å². The maximum Gasteiger partial charge on any atom is 0.146 e.